The highest BCUT2D eigenvalue weighted by atomic mass is 127. The van der Waals surface area contributed by atoms with Gasteiger partial charge in [-0.3, -0.25) is 0 Å². The molecule has 0 atom stereocenters. The molecule has 0 bridgehead atoms. The molecule has 2 aromatic rings. The Morgan fingerprint density at radius 1 is 0.867 bits per heavy atom. The van der Waals surface area contributed by atoms with E-state index < -0.39 is 0 Å². The van der Waals surface area contributed by atoms with Crippen molar-refractivity contribution in [2.24, 2.45) is 0 Å². The quantitative estimate of drug-likeness (QED) is 0.848. The molecule has 0 radical (unpaired) electrons. The zero-order chi connectivity index (χ0) is 10.5. The Kier molecular flexibility index (Phi) is 3.61. The second-order valence-electron chi connectivity index (χ2n) is 3.32. The lowest BCUT2D eigenvalue weighted by atomic mass is 10.2. The summed E-state index contributed by atoms with van der Waals surface area (Å²) in [6.45, 7) is 0.876. The van der Waals surface area contributed by atoms with E-state index in [0.29, 0.717) is 0 Å². The van der Waals surface area contributed by atoms with Crippen molar-refractivity contribution in [3.63, 3.8) is 0 Å². The van der Waals surface area contributed by atoms with Crippen LogP contribution in [0, 0.1) is 3.57 Å². The van der Waals surface area contributed by atoms with Gasteiger partial charge >= 0.3 is 0 Å². The van der Waals surface area contributed by atoms with Crippen molar-refractivity contribution in [2.45, 2.75) is 6.54 Å². The summed E-state index contributed by atoms with van der Waals surface area (Å²) in [5.41, 5.74) is 2.50. The van der Waals surface area contributed by atoms with E-state index >= 15 is 0 Å². The zero-order valence-electron chi connectivity index (χ0n) is 8.28. The predicted molar refractivity (Wildman–Crippen MR) is 72.9 cm³/mol. The van der Waals surface area contributed by atoms with Crippen LogP contribution in [0.25, 0.3) is 0 Å². The summed E-state index contributed by atoms with van der Waals surface area (Å²) in [6.07, 6.45) is 0. The maximum Gasteiger partial charge on any atom is 0.0478 e. The van der Waals surface area contributed by atoms with Crippen LogP contribution in [0.2, 0.25) is 0 Å². The molecule has 2 rings (SSSR count). The molecule has 0 unspecified atom stereocenters. The van der Waals surface area contributed by atoms with Crippen LogP contribution in [0.15, 0.2) is 54.6 Å². The standard InChI is InChI=1S/C13H12IN/c14-12-8-4-5-9-13(12)15-10-11-6-2-1-3-7-11/h1-9,15H,10H2. The van der Waals surface area contributed by atoms with Crippen LogP contribution in [0.3, 0.4) is 0 Å². The third kappa shape index (κ3) is 2.96. The maximum atomic E-state index is 3.42. The highest BCUT2D eigenvalue weighted by molar-refractivity contribution is 14.1. The van der Waals surface area contributed by atoms with Crippen LogP contribution < -0.4 is 5.32 Å². The number of nitrogens with one attached hydrogen (secondary N) is 1. The molecule has 0 amide bonds. The molecule has 0 aliphatic heterocycles. The minimum Gasteiger partial charge on any atom is -0.380 e. The van der Waals surface area contributed by atoms with E-state index in [1.165, 1.54) is 14.8 Å². The number of rotatable bonds is 3. The van der Waals surface area contributed by atoms with E-state index in [0.717, 1.165) is 6.54 Å². The Morgan fingerprint density at radius 2 is 1.53 bits per heavy atom. The monoisotopic (exact) mass is 309 g/mol. The first-order valence-corrected chi connectivity index (χ1v) is 5.96. The van der Waals surface area contributed by atoms with Crippen molar-refractivity contribution in [3.8, 4) is 0 Å². The Labute approximate surface area is 104 Å². The fourth-order valence-electron chi connectivity index (χ4n) is 1.40. The van der Waals surface area contributed by atoms with Crippen LogP contribution in [0.5, 0.6) is 0 Å². The number of hydrogen-bond acceptors (Lipinski definition) is 1. The number of hydrogen-bond donors (Lipinski definition) is 1. The fourth-order valence-corrected chi connectivity index (χ4v) is 1.98. The number of benzene rings is 2. The third-order valence-corrected chi connectivity index (χ3v) is 3.14. The van der Waals surface area contributed by atoms with Gasteiger partial charge in [-0.2, -0.15) is 0 Å². The Morgan fingerprint density at radius 3 is 2.27 bits per heavy atom. The lowest BCUT2D eigenvalue weighted by molar-refractivity contribution is 1.15. The molecule has 0 heterocycles. The van der Waals surface area contributed by atoms with E-state index in [-0.39, 0.29) is 0 Å². The van der Waals surface area contributed by atoms with Crippen LogP contribution in [-0.4, -0.2) is 0 Å². The fraction of sp³-hybridized carbons (Fsp3) is 0.0769. The van der Waals surface area contributed by atoms with Gasteiger partial charge in [0.1, 0.15) is 0 Å². The first kappa shape index (κ1) is 10.5. The van der Waals surface area contributed by atoms with E-state index in [2.05, 4.69) is 76.4 Å². The number of para-hydroxylation sites is 1. The van der Waals surface area contributed by atoms with Crippen molar-refractivity contribution in [1.82, 2.24) is 0 Å². The molecule has 1 nitrogen and oxygen atoms in total. The van der Waals surface area contributed by atoms with E-state index in [4.69, 9.17) is 0 Å². The largest absolute Gasteiger partial charge is 0.380 e. The average molecular weight is 309 g/mol. The van der Waals surface area contributed by atoms with Gasteiger partial charge in [0.15, 0.2) is 0 Å². The molecular weight excluding hydrogens is 297 g/mol. The number of anilines is 1. The zero-order valence-corrected chi connectivity index (χ0v) is 10.4. The van der Waals surface area contributed by atoms with Crippen LogP contribution in [0.1, 0.15) is 5.56 Å². The second kappa shape index (κ2) is 5.16. The highest BCUT2D eigenvalue weighted by Crippen LogP contribution is 2.17. The molecule has 0 saturated carbocycles. The Bertz CT molecular complexity index is 426. The first-order valence-electron chi connectivity index (χ1n) is 4.88. The van der Waals surface area contributed by atoms with Gasteiger partial charge in [0.2, 0.25) is 0 Å². The van der Waals surface area contributed by atoms with Gasteiger partial charge in [-0.25, -0.2) is 0 Å². The van der Waals surface area contributed by atoms with Crippen molar-refractivity contribution < 1.29 is 0 Å². The Balaban J connectivity index is 2.03. The van der Waals surface area contributed by atoms with E-state index in [9.17, 15) is 0 Å². The molecule has 0 aromatic heterocycles. The van der Waals surface area contributed by atoms with Crippen LogP contribution in [-0.2, 0) is 6.54 Å². The SMILES string of the molecule is Ic1ccccc1NCc1ccccc1. The summed E-state index contributed by atoms with van der Waals surface area (Å²) in [5, 5.41) is 3.42. The second-order valence-corrected chi connectivity index (χ2v) is 4.48. The molecular formula is C13H12IN. The maximum absolute atomic E-state index is 3.42. The minimum atomic E-state index is 0.876. The van der Waals surface area contributed by atoms with Gasteiger partial charge in [-0.05, 0) is 40.3 Å². The summed E-state index contributed by atoms with van der Waals surface area (Å²) >= 11 is 2.34. The topological polar surface area (TPSA) is 12.0 Å². The molecule has 0 aliphatic rings. The predicted octanol–water partition coefficient (Wildman–Crippen LogP) is 3.90. The minimum absolute atomic E-state index is 0.876. The summed E-state index contributed by atoms with van der Waals surface area (Å²) in [7, 11) is 0. The summed E-state index contributed by atoms with van der Waals surface area (Å²) in [4.78, 5) is 0. The smallest absolute Gasteiger partial charge is 0.0478 e. The van der Waals surface area contributed by atoms with Gasteiger partial charge in [0, 0.05) is 15.8 Å². The van der Waals surface area contributed by atoms with Gasteiger partial charge in [0.25, 0.3) is 0 Å². The molecule has 0 saturated heterocycles. The molecule has 0 aliphatic carbocycles. The average Bonchev–Trinajstić information content (AvgIpc) is 2.29. The Hall–Kier alpha value is -1.03. The van der Waals surface area contributed by atoms with Crippen LogP contribution >= 0.6 is 22.6 Å². The third-order valence-electron chi connectivity index (χ3n) is 2.20. The van der Waals surface area contributed by atoms with Gasteiger partial charge < -0.3 is 5.32 Å². The lowest BCUT2D eigenvalue weighted by Gasteiger charge is -2.07. The lowest BCUT2D eigenvalue weighted by Crippen LogP contribution is -2.00. The molecule has 1 N–H and O–H groups in total. The summed E-state index contributed by atoms with van der Waals surface area (Å²) in [5.74, 6) is 0. The first-order chi connectivity index (χ1) is 7.36. The van der Waals surface area contributed by atoms with E-state index in [1.54, 1.807) is 0 Å². The van der Waals surface area contributed by atoms with Crippen molar-refractivity contribution in [1.29, 1.82) is 0 Å². The van der Waals surface area contributed by atoms with Gasteiger partial charge in [-0.1, -0.05) is 42.5 Å². The van der Waals surface area contributed by atoms with Crippen LogP contribution in [0.4, 0.5) is 5.69 Å². The molecule has 0 spiro atoms. The normalized spacial score (nSPS) is 9.93. The van der Waals surface area contributed by atoms with Crippen molar-refractivity contribution >= 4 is 28.3 Å². The number of halogens is 1. The van der Waals surface area contributed by atoms with Gasteiger partial charge in [0.05, 0.1) is 0 Å². The molecule has 76 valence electrons. The molecule has 2 aromatic carbocycles. The molecule has 15 heavy (non-hydrogen) atoms. The molecule has 0 fully saturated rings. The highest BCUT2D eigenvalue weighted by Gasteiger charge is 1.96. The molecule has 2 heteroatoms. The van der Waals surface area contributed by atoms with Gasteiger partial charge in [-0.15, -0.1) is 0 Å². The van der Waals surface area contributed by atoms with Crippen molar-refractivity contribution in [2.75, 3.05) is 5.32 Å². The van der Waals surface area contributed by atoms with E-state index in [1.807, 2.05) is 6.07 Å². The summed E-state index contributed by atoms with van der Waals surface area (Å²) < 4.78 is 1.26. The summed E-state index contributed by atoms with van der Waals surface area (Å²) in [6, 6.07) is 18.7. The van der Waals surface area contributed by atoms with Crippen molar-refractivity contribution in [3.05, 3.63) is 63.7 Å².